The van der Waals surface area contributed by atoms with Gasteiger partial charge in [0.25, 0.3) is 0 Å². The Morgan fingerprint density at radius 1 is 1.05 bits per heavy atom. The largest absolute Gasteiger partial charge is 0.573 e. The minimum absolute atomic E-state index is 0.0126. The van der Waals surface area contributed by atoms with Crippen molar-refractivity contribution in [2.75, 3.05) is 20.2 Å². The maximum absolute atomic E-state index is 13.7. The molecule has 2 aliphatic rings. The van der Waals surface area contributed by atoms with E-state index in [1.807, 2.05) is 0 Å². The molecule has 2 fully saturated rings. The number of carbonyl (C=O) groups is 3. The number of imide groups is 1. The van der Waals surface area contributed by atoms with E-state index in [-0.39, 0.29) is 31.0 Å². The fourth-order valence-electron chi connectivity index (χ4n) is 5.68. The summed E-state index contributed by atoms with van der Waals surface area (Å²) in [5, 5.41) is 3.08. The minimum Gasteiger partial charge on any atom is -0.468 e. The van der Waals surface area contributed by atoms with Crippen LogP contribution in [0.5, 0.6) is 5.75 Å². The third kappa shape index (κ3) is 5.68. The molecule has 4 atom stereocenters. The third-order valence-electron chi connectivity index (χ3n) is 7.59. The van der Waals surface area contributed by atoms with Gasteiger partial charge in [0.05, 0.1) is 30.4 Å². The first kappa shape index (κ1) is 30.5. The quantitative estimate of drug-likeness (QED) is 0.328. The first-order valence-corrected chi connectivity index (χ1v) is 14.3. The van der Waals surface area contributed by atoms with Gasteiger partial charge >= 0.3 is 12.3 Å². The van der Waals surface area contributed by atoms with Crippen molar-refractivity contribution < 1.29 is 45.4 Å². The van der Waals surface area contributed by atoms with Gasteiger partial charge in [-0.2, -0.15) is 4.31 Å². The Bertz CT molecular complexity index is 1400. The number of halogens is 3. The molecular formula is C27H30F3N3O7S. The Labute approximate surface area is 235 Å². The molecule has 10 nitrogen and oxygen atoms in total. The summed E-state index contributed by atoms with van der Waals surface area (Å²) >= 11 is 0. The van der Waals surface area contributed by atoms with Crippen LogP contribution in [0.25, 0.3) is 0 Å². The summed E-state index contributed by atoms with van der Waals surface area (Å²) in [5.41, 5.74) is -0.864. The van der Waals surface area contributed by atoms with Crippen molar-refractivity contribution in [2.24, 2.45) is 11.8 Å². The Morgan fingerprint density at radius 2 is 1.68 bits per heavy atom. The summed E-state index contributed by atoms with van der Waals surface area (Å²) in [6, 6.07) is 11.6. The molecule has 4 rings (SSSR count). The molecule has 1 N–H and O–H groups in total. The second-order valence-electron chi connectivity index (χ2n) is 9.79. The second-order valence-corrected chi connectivity index (χ2v) is 11.7. The van der Waals surface area contributed by atoms with Gasteiger partial charge in [-0.05, 0) is 36.2 Å². The van der Waals surface area contributed by atoms with Crippen molar-refractivity contribution >= 4 is 27.8 Å². The van der Waals surface area contributed by atoms with Crippen LogP contribution in [0.4, 0.5) is 13.2 Å². The zero-order valence-corrected chi connectivity index (χ0v) is 23.4. The standard InChI is InChI=1S/C27H30F3N3O7S/c1-4-26(25(36)39-3)22-21(23(34)33(24(22)35)15-17-9-7-6-8-10-17)20(31-26)16-32(5-2)41(37,38)19-13-11-18(12-14-19)40-27(28,29)30/h6-14,20-22,31H,4-5,15-16H2,1-3H3/t20-,21+,22-,26-/m1/s1. The van der Waals surface area contributed by atoms with E-state index < -0.39 is 63.3 Å². The van der Waals surface area contributed by atoms with E-state index in [1.54, 1.807) is 44.2 Å². The number of hydrogen-bond donors (Lipinski definition) is 1. The lowest BCUT2D eigenvalue weighted by atomic mass is 9.78. The average Bonchev–Trinajstić information content (AvgIpc) is 3.40. The van der Waals surface area contributed by atoms with Crippen LogP contribution in [0.2, 0.25) is 0 Å². The van der Waals surface area contributed by atoms with Crippen LogP contribution >= 0.6 is 0 Å². The number of benzene rings is 2. The van der Waals surface area contributed by atoms with Crippen molar-refractivity contribution in [3.8, 4) is 5.75 Å². The van der Waals surface area contributed by atoms with Crippen molar-refractivity contribution in [1.29, 1.82) is 0 Å². The number of nitrogens with zero attached hydrogens (tertiary/aromatic N) is 2. The molecule has 0 radical (unpaired) electrons. The lowest BCUT2D eigenvalue weighted by molar-refractivity contribution is -0.274. The number of rotatable bonds is 10. The van der Waals surface area contributed by atoms with Crippen molar-refractivity contribution in [3.63, 3.8) is 0 Å². The number of amides is 2. The van der Waals surface area contributed by atoms with Gasteiger partial charge < -0.3 is 9.47 Å². The van der Waals surface area contributed by atoms with E-state index in [9.17, 15) is 36.0 Å². The number of esters is 1. The highest BCUT2D eigenvalue weighted by molar-refractivity contribution is 7.89. The van der Waals surface area contributed by atoms with Crippen molar-refractivity contribution in [3.05, 3.63) is 60.2 Å². The zero-order chi connectivity index (χ0) is 30.2. The summed E-state index contributed by atoms with van der Waals surface area (Å²) in [7, 11) is -3.09. The number of ether oxygens (including phenoxy) is 2. The Balaban J connectivity index is 1.66. The first-order valence-electron chi connectivity index (χ1n) is 12.9. The van der Waals surface area contributed by atoms with Gasteiger partial charge in [0.15, 0.2) is 0 Å². The molecule has 2 heterocycles. The highest BCUT2D eigenvalue weighted by atomic mass is 32.2. The van der Waals surface area contributed by atoms with Crippen LogP contribution in [-0.4, -0.2) is 73.5 Å². The summed E-state index contributed by atoms with van der Waals surface area (Å²) < 4.78 is 74.5. The number of carbonyl (C=O) groups excluding carboxylic acids is 3. The van der Waals surface area contributed by atoms with Crippen molar-refractivity contribution in [1.82, 2.24) is 14.5 Å². The summed E-state index contributed by atoms with van der Waals surface area (Å²) in [5.74, 6) is -4.61. The predicted molar refractivity (Wildman–Crippen MR) is 138 cm³/mol. The minimum atomic E-state index is -4.94. The van der Waals surface area contributed by atoms with E-state index in [2.05, 4.69) is 10.1 Å². The molecule has 222 valence electrons. The monoisotopic (exact) mass is 597 g/mol. The number of likely N-dealkylation sites (tertiary alicyclic amines) is 1. The molecule has 0 bridgehead atoms. The van der Waals surface area contributed by atoms with Crippen LogP contribution < -0.4 is 10.1 Å². The highest BCUT2D eigenvalue weighted by Crippen LogP contribution is 2.46. The maximum atomic E-state index is 13.7. The number of sulfonamides is 1. The maximum Gasteiger partial charge on any atom is 0.573 e. The molecule has 14 heteroatoms. The van der Waals surface area contributed by atoms with Gasteiger partial charge in [0.2, 0.25) is 21.8 Å². The fourth-order valence-corrected chi connectivity index (χ4v) is 7.15. The Hall–Kier alpha value is -3.49. The van der Waals surface area contributed by atoms with Crippen LogP contribution in [-0.2, 0) is 35.7 Å². The van der Waals surface area contributed by atoms with Crippen LogP contribution in [0.3, 0.4) is 0 Å². The topological polar surface area (TPSA) is 122 Å². The van der Waals surface area contributed by atoms with E-state index in [4.69, 9.17) is 4.74 Å². The third-order valence-corrected chi connectivity index (χ3v) is 9.54. The summed E-state index contributed by atoms with van der Waals surface area (Å²) in [6.07, 6.45) is -4.85. The smallest absolute Gasteiger partial charge is 0.468 e. The molecule has 2 aromatic rings. The van der Waals surface area contributed by atoms with Gasteiger partial charge in [-0.3, -0.25) is 24.6 Å². The summed E-state index contributed by atoms with van der Waals surface area (Å²) in [6.45, 7) is 2.85. The molecule has 0 aliphatic carbocycles. The van der Waals surface area contributed by atoms with Crippen LogP contribution in [0.1, 0.15) is 25.8 Å². The number of alkyl halides is 3. The van der Waals surface area contributed by atoms with E-state index in [1.165, 1.54) is 7.11 Å². The number of fused-ring (bicyclic) bond motifs is 1. The molecule has 2 aliphatic heterocycles. The molecule has 0 unspecified atom stereocenters. The van der Waals surface area contributed by atoms with Gasteiger partial charge in [0.1, 0.15) is 11.3 Å². The molecule has 0 aromatic heterocycles. The predicted octanol–water partition coefficient (Wildman–Crippen LogP) is 2.69. The lowest BCUT2D eigenvalue weighted by Gasteiger charge is -2.32. The van der Waals surface area contributed by atoms with E-state index in [0.717, 1.165) is 33.5 Å². The normalized spacial score (nSPS) is 24.6. The number of likely N-dealkylation sites (N-methyl/N-ethyl adjacent to an activating group) is 1. The summed E-state index contributed by atoms with van der Waals surface area (Å²) in [4.78, 5) is 41.3. The van der Waals surface area contributed by atoms with Gasteiger partial charge in [-0.25, -0.2) is 8.42 Å². The van der Waals surface area contributed by atoms with Gasteiger partial charge in [0, 0.05) is 19.1 Å². The van der Waals surface area contributed by atoms with Crippen molar-refractivity contribution in [2.45, 2.75) is 49.7 Å². The fraction of sp³-hybridized carbons (Fsp3) is 0.444. The number of nitrogens with one attached hydrogen (secondary N) is 1. The first-order chi connectivity index (χ1) is 19.3. The molecule has 2 aromatic carbocycles. The Kier molecular flexibility index (Phi) is 8.48. The van der Waals surface area contributed by atoms with Crippen LogP contribution in [0, 0.1) is 11.8 Å². The SMILES string of the molecule is CCN(C[C@H]1N[C@@](CC)(C(=O)OC)[C@H]2C(=O)N(Cc3ccccc3)C(=O)[C@@H]12)S(=O)(=O)c1ccc(OC(F)(F)F)cc1. The zero-order valence-electron chi connectivity index (χ0n) is 22.6. The molecule has 0 saturated carbocycles. The molecule has 2 saturated heterocycles. The van der Waals surface area contributed by atoms with Gasteiger partial charge in [-0.1, -0.05) is 44.2 Å². The van der Waals surface area contributed by atoms with E-state index in [0.29, 0.717) is 5.56 Å². The highest BCUT2D eigenvalue weighted by Gasteiger charge is 2.68. The van der Waals surface area contributed by atoms with Crippen LogP contribution in [0.15, 0.2) is 59.5 Å². The molecule has 41 heavy (non-hydrogen) atoms. The lowest BCUT2D eigenvalue weighted by Crippen LogP contribution is -2.58. The Morgan fingerprint density at radius 3 is 2.22 bits per heavy atom. The second kappa shape index (κ2) is 11.4. The van der Waals surface area contributed by atoms with E-state index >= 15 is 0 Å². The molecule has 0 spiro atoms. The number of hydrogen-bond acceptors (Lipinski definition) is 8. The van der Waals surface area contributed by atoms with Gasteiger partial charge in [-0.15, -0.1) is 13.2 Å². The average molecular weight is 598 g/mol. The molecule has 2 amide bonds. The molecular weight excluding hydrogens is 567 g/mol. The number of methoxy groups -OCH3 is 1.